The zero-order valence-corrected chi connectivity index (χ0v) is 14.6. The van der Waals surface area contributed by atoms with Crippen molar-refractivity contribution in [2.75, 3.05) is 5.43 Å². The van der Waals surface area contributed by atoms with E-state index in [0.717, 1.165) is 12.8 Å². The van der Waals surface area contributed by atoms with Gasteiger partial charge in [-0.05, 0) is 31.7 Å². The number of rotatable bonds is 2. The maximum absolute atomic E-state index is 6.11. The van der Waals surface area contributed by atoms with Crippen molar-refractivity contribution in [3.63, 3.8) is 0 Å². The van der Waals surface area contributed by atoms with Crippen LogP contribution in [0.2, 0.25) is 10.0 Å². The SMILES string of the molecule is Clc1cnc(NN=C2CCCCCCCCCCC2)c(Cl)c1. The summed E-state index contributed by atoms with van der Waals surface area (Å²) < 4.78 is 0. The Labute approximate surface area is 143 Å². The van der Waals surface area contributed by atoms with Gasteiger partial charge in [0, 0.05) is 11.9 Å². The van der Waals surface area contributed by atoms with E-state index in [9.17, 15) is 0 Å². The number of hydrazone groups is 1. The van der Waals surface area contributed by atoms with Crippen LogP contribution in [0.1, 0.15) is 70.6 Å². The molecule has 1 heterocycles. The average molecular weight is 342 g/mol. The van der Waals surface area contributed by atoms with Crippen molar-refractivity contribution in [2.24, 2.45) is 5.10 Å². The number of anilines is 1. The second kappa shape index (κ2) is 10.1. The van der Waals surface area contributed by atoms with E-state index in [2.05, 4.69) is 15.5 Å². The lowest BCUT2D eigenvalue weighted by Gasteiger charge is -2.10. The molecular weight excluding hydrogens is 317 g/mol. The average Bonchev–Trinajstić information content (AvgIpc) is 2.48. The molecular formula is C17H25Cl2N3. The van der Waals surface area contributed by atoms with Crippen molar-refractivity contribution < 1.29 is 0 Å². The maximum Gasteiger partial charge on any atom is 0.165 e. The molecule has 1 aliphatic rings. The second-order valence-electron chi connectivity index (χ2n) is 5.96. The van der Waals surface area contributed by atoms with Crippen LogP contribution < -0.4 is 5.43 Å². The van der Waals surface area contributed by atoms with Gasteiger partial charge in [-0.3, -0.25) is 5.43 Å². The van der Waals surface area contributed by atoms with Crippen LogP contribution in [0.4, 0.5) is 5.82 Å². The Balaban J connectivity index is 1.92. The molecule has 1 N–H and O–H groups in total. The molecule has 1 aromatic rings. The Bertz CT molecular complexity index is 475. The van der Waals surface area contributed by atoms with E-state index in [1.165, 1.54) is 63.5 Å². The zero-order chi connectivity index (χ0) is 15.6. The summed E-state index contributed by atoms with van der Waals surface area (Å²) in [6.07, 6.45) is 15.7. The van der Waals surface area contributed by atoms with Crippen LogP contribution >= 0.6 is 23.2 Å². The molecule has 1 fully saturated rings. The van der Waals surface area contributed by atoms with Crippen LogP contribution in [0.25, 0.3) is 0 Å². The van der Waals surface area contributed by atoms with Crippen LogP contribution in [-0.2, 0) is 0 Å². The smallest absolute Gasteiger partial charge is 0.165 e. The first-order valence-corrected chi connectivity index (χ1v) is 9.14. The van der Waals surface area contributed by atoms with E-state index >= 15 is 0 Å². The van der Waals surface area contributed by atoms with Crippen molar-refractivity contribution in [1.82, 2.24) is 4.98 Å². The number of aromatic nitrogens is 1. The first-order valence-electron chi connectivity index (χ1n) is 8.38. The van der Waals surface area contributed by atoms with E-state index < -0.39 is 0 Å². The molecule has 0 saturated heterocycles. The van der Waals surface area contributed by atoms with Crippen LogP contribution in [0.5, 0.6) is 0 Å². The van der Waals surface area contributed by atoms with E-state index in [1.54, 1.807) is 12.3 Å². The third-order valence-electron chi connectivity index (χ3n) is 4.06. The fraction of sp³-hybridized carbons (Fsp3) is 0.647. The third kappa shape index (κ3) is 6.53. The van der Waals surface area contributed by atoms with Gasteiger partial charge in [0.1, 0.15) is 0 Å². The van der Waals surface area contributed by atoms with Crippen molar-refractivity contribution in [2.45, 2.75) is 70.6 Å². The number of nitrogens with zero attached hydrogens (tertiary/aromatic N) is 2. The zero-order valence-electron chi connectivity index (χ0n) is 13.1. The number of hydrogen-bond acceptors (Lipinski definition) is 3. The van der Waals surface area contributed by atoms with Crippen molar-refractivity contribution in [3.8, 4) is 0 Å². The Morgan fingerprint density at radius 3 is 1.95 bits per heavy atom. The van der Waals surface area contributed by atoms with Gasteiger partial charge < -0.3 is 0 Å². The molecule has 5 heteroatoms. The van der Waals surface area contributed by atoms with Gasteiger partial charge >= 0.3 is 0 Å². The van der Waals surface area contributed by atoms with Gasteiger partial charge in [-0.2, -0.15) is 5.10 Å². The molecule has 22 heavy (non-hydrogen) atoms. The Morgan fingerprint density at radius 1 is 0.864 bits per heavy atom. The van der Waals surface area contributed by atoms with Crippen LogP contribution in [0, 0.1) is 0 Å². The fourth-order valence-corrected chi connectivity index (χ4v) is 3.18. The van der Waals surface area contributed by atoms with Gasteiger partial charge in [0.25, 0.3) is 0 Å². The molecule has 0 spiro atoms. The number of nitrogens with one attached hydrogen (secondary N) is 1. The first kappa shape index (κ1) is 17.6. The maximum atomic E-state index is 6.11. The minimum absolute atomic E-state index is 0.505. The quantitative estimate of drug-likeness (QED) is 0.626. The number of hydrogen-bond donors (Lipinski definition) is 1. The molecule has 1 saturated carbocycles. The highest BCUT2D eigenvalue weighted by Crippen LogP contribution is 2.23. The Kier molecular flexibility index (Phi) is 8.03. The summed E-state index contributed by atoms with van der Waals surface area (Å²) in [4.78, 5) is 4.18. The molecule has 0 aromatic carbocycles. The molecule has 0 radical (unpaired) electrons. The number of pyridine rings is 1. The van der Waals surface area contributed by atoms with Crippen LogP contribution in [0.3, 0.4) is 0 Å². The molecule has 3 nitrogen and oxygen atoms in total. The highest BCUT2D eigenvalue weighted by Gasteiger charge is 2.05. The molecule has 0 bridgehead atoms. The Morgan fingerprint density at radius 2 is 1.41 bits per heavy atom. The fourth-order valence-electron chi connectivity index (χ4n) is 2.76. The van der Waals surface area contributed by atoms with E-state index in [1.807, 2.05) is 0 Å². The van der Waals surface area contributed by atoms with E-state index in [0.29, 0.717) is 15.9 Å². The normalized spacial score (nSPS) is 18.2. The molecule has 0 aliphatic heterocycles. The predicted molar refractivity (Wildman–Crippen MR) is 96.1 cm³/mol. The molecule has 122 valence electrons. The number of halogens is 2. The largest absolute Gasteiger partial charge is 0.260 e. The van der Waals surface area contributed by atoms with Gasteiger partial charge in [-0.1, -0.05) is 68.1 Å². The summed E-state index contributed by atoms with van der Waals surface area (Å²) in [6.45, 7) is 0. The summed E-state index contributed by atoms with van der Waals surface area (Å²) in [7, 11) is 0. The lowest BCUT2D eigenvalue weighted by atomic mass is 10.00. The van der Waals surface area contributed by atoms with Crippen molar-refractivity contribution in [3.05, 3.63) is 22.3 Å². The van der Waals surface area contributed by atoms with Gasteiger partial charge in [-0.15, -0.1) is 0 Å². The minimum Gasteiger partial charge on any atom is -0.260 e. The van der Waals surface area contributed by atoms with Crippen molar-refractivity contribution in [1.29, 1.82) is 0 Å². The summed E-state index contributed by atoms with van der Waals surface area (Å²) in [6, 6.07) is 1.68. The summed E-state index contributed by atoms with van der Waals surface area (Å²) >= 11 is 12.0. The first-order chi connectivity index (χ1) is 10.8. The van der Waals surface area contributed by atoms with Crippen molar-refractivity contribution >= 4 is 34.7 Å². The van der Waals surface area contributed by atoms with Gasteiger partial charge in [-0.25, -0.2) is 4.98 Å². The van der Waals surface area contributed by atoms with Gasteiger partial charge in [0.2, 0.25) is 0 Å². The summed E-state index contributed by atoms with van der Waals surface area (Å²) in [5, 5.41) is 5.59. The van der Waals surface area contributed by atoms with Gasteiger partial charge in [0.15, 0.2) is 5.82 Å². The molecule has 1 aliphatic carbocycles. The highest BCUT2D eigenvalue weighted by molar-refractivity contribution is 6.35. The second-order valence-corrected chi connectivity index (χ2v) is 6.80. The standard InChI is InChI=1S/C17H25Cl2N3/c18-14-12-16(19)17(20-13-14)22-21-15-10-8-6-4-2-1-3-5-7-9-11-15/h12-13H,1-11H2,(H,20,22). The van der Waals surface area contributed by atoms with Crippen LogP contribution in [-0.4, -0.2) is 10.7 Å². The van der Waals surface area contributed by atoms with Crippen LogP contribution in [0.15, 0.2) is 17.4 Å². The third-order valence-corrected chi connectivity index (χ3v) is 4.55. The predicted octanol–water partition coefficient (Wildman–Crippen LogP) is 6.46. The molecule has 2 rings (SSSR count). The summed E-state index contributed by atoms with van der Waals surface area (Å²) in [5.74, 6) is 0.574. The van der Waals surface area contributed by atoms with E-state index in [-0.39, 0.29) is 0 Å². The lowest BCUT2D eigenvalue weighted by Crippen LogP contribution is -2.04. The van der Waals surface area contributed by atoms with Gasteiger partial charge in [0.05, 0.1) is 10.0 Å². The lowest BCUT2D eigenvalue weighted by molar-refractivity contribution is 0.555. The monoisotopic (exact) mass is 341 g/mol. The highest BCUT2D eigenvalue weighted by atomic mass is 35.5. The minimum atomic E-state index is 0.505. The van der Waals surface area contributed by atoms with E-state index in [4.69, 9.17) is 23.2 Å². The molecule has 0 atom stereocenters. The Hall–Kier alpha value is -0.800. The topological polar surface area (TPSA) is 37.3 Å². The molecule has 0 unspecified atom stereocenters. The molecule has 0 amide bonds. The molecule has 1 aromatic heterocycles. The summed E-state index contributed by atoms with van der Waals surface area (Å²) in [5.41, 5.74) is 4.24.